The fourth-order valence-electron chi connectivity index (χ4n) is 2.54. The van der Waals surface area contributed by atoms with Crippen molar-refractivity contribution < 1.29 is 4.52 Å². The number of benzene rings is 1. The Morgan fingerprint density at radius 1 is 1.26 bits per heavy atom. The van der Waals surface area contributed by atoms with Crippen LogP contribution >= 0.6 is 24.0 Å². The largest absolute Gasteiger partial charge is 0.357 e. The van der Waals surface area contributed by atoms with Gasteiger partial charge in [-0.15, -0.1) is 24.0 Å². The molecule has 0 aliphatic heterocycles. The number of hydrogen-bond acceptors (Lipinski definition) is 5. The predicted octanol–water partition coefficient (Wildman–Crippen LogP) is 2.96. The van der Waals surface area contributed by atoms with E-state index >= 15 is 0 Å². The van der Waals surface area contributed by atoms with E-state index in [0.717, 1.165) is 32.0 Å². The maximum atomic E-state index is 4.97. The Bertz CT molecular complexity index is 676. The van der Waals surface area contributed by atoms with Crippen molar-refractivity contribution in [1.29, 1.82) is 0 Å². The first kappa shape index (κ1) is 23.4. The molecule has 0 aliphatic carbocycles. The smallest absolute Gasteiger partial charge is 0.223 e. The minimum Gasteiger partial charge on any atom is -0.357 e. The lowest BCUT2D eigenvalue weighted by Crippen LogP contribution is -2.40. The molecule has 0 fully saturated rings. The van der Waals surface area contributed by atoms with Gasteiger partial charge in [-0.2, -0.15) is 4.98 Å². The summed E-state index contributed by atoms with van der Waals surface area (Å²) in [6, 6.07) is 11.0. The van der Waals surface area contributed by atoms with Crippen molar-refractivity contribution in [3.05, 3.63) is 47.6 Å². The summed E-state index contributed by atoms with van der Waals surface area (Å²) < 4.78 is 4.97. The Hall–Kier alpha value is -1.68. The molecule has 0 saturated carbocycles. The van der Waals surface area contributed by atoms with E-state index in [-0.39, 0.29) is 24.0 Å². The van der Waals surface area contributed by atoms with Crippen LogP contribution in [0.3, 0.4) is 0 Å². The highest BCUT2D eigenvalue weighted by Crippen LogP contribution is 2.07. The number of aromatic nitrogens is 2. The van der Waals surface area contributed by atoms with E-state index in [1.165, 1.54) is 5.56 Å². The number of nitrogens with zero attached hydrogens (tertiary/aromatic N) is 4. The van der Waals surface area contributed by atoms with Gasteiger partial charge in [0.05, 0.1) is 0 Å². The van der Waals surface area contributed by atoms with Crippen molar-refractivity contribution in [1.82, 2.24) is 25.7 Å². The van der Waals surface area contributed by atoms with Gasteiger partial charge in [0.25, 0.3) is 0 Å². The monoisotopic (exact) mass is 486 g/mol. The predicted molar refractivity (Wildman–Crippen MR) is 119 cm³/mol. The maximum absolute atomic E-state index is 4.97. The molecular formula is C19H31IN6O. The minimum atomic E-state index is 0. The maximum Gasteiger partial charge on any atom is 0.223 e. The second-order valence-corrected chi connectivity index (χ2v) is 6.39. The highest BCUT2D eigenvalue weighted by Gasteiger charge is 2.10. The first-order valence-corrected chi connectivity index (χ1v) is 9.14. The van der Waals surface area contributed by atoms with Crippen LogP contribution in [0.25, 0.3) is 0 Å². The molecular weight excluding hydrogens is 455 g/mol. The van der Waals surface area contributed by atoms with E-state index in [1.54, 1.807) is 6.92 Å². The number of rotatable bonds is 9. The zero-order valence-electron chi connectivity index (χ0n) is 16.6. The number of hydrogen-bond donors (Lipinski definition) is 2. The van der Waals surface area contributed by atoms with Crippen molar-refractivity contribution in [3.8, 4) is 0 Å². The van der Waals surface area contributed by atoms with Gasteiger partial charge in [0, 0.05) is 32.6 Å². The Morgan fingerprint density at radius 2 is 2.00 bits per heavy atom. The highest BCUT2D eigenvalue weighted by atomic mass is 127. The summed E-state index contributed by atoms with van der Waals surface area (Å²) in [5.74, 6) is 1.92. The number of halogens is 1. The first-order valence-electron chi connectivity index (χ1n) is 9.14. The standard InChI is InChI=1S/C19H30N6O.HI/c1-5-20-19(22-13-18-23-16(3)26-24-18)21-12-11-15(2)25(4)14-17-9-7-6-8-10-17;/h6-10,15H,5,11-14H2,1-4H3,(H2,20,21,22);1H. The fourth-order valence-corrected chi connectivity index (χ4v) is 2.54. The Balaban J connectivity index is 0.00000364. The Morgan fingerprint density at radius 3 is 2.63 bits per heavy atom. The Kier molecular flexibility index (Phi) is 11.0. The van der Waals surface area contributed by atoms with Gasteiger partial charge in [0.1, 0.15) is 6.54 Å². The van der Waals surface area contributed by atoms with Crippen LogP contribution in [0.2, 0.25) is 0 Å². The van der Waals surface area contributed by atoms with E-state index in [1.807, 2.05) is 13.0 Å². The number of guanidine groups is 1. The summed E-state index contributed by atoms with van der Waals surface area (Å²) in [5, 5.41) is 10.5. The molecule has 7 nitrogen and oxygen atoms in total. The van der Waals surface area contributed by atoms with Crippen LogP contribution in [-0.4, -0.2) is 47.2 Å². The van der Waals surface area contributed by atoms with Crippen LogP contribution in [0.5, 0.6) is 0 Å². The van der Waals surface area contributed by atoms with Gasteiger partial charge in [-0.05, 0) is 32.9 Å². The lowest BCUT2D eigenvalue weighted by atomic mass is 10.1. The van der Waals surface area contributed by atoms with Crippen LogP contribution in [0, 0.1) is 6.92 Å². The summed E-state index contributed by atoms with van der Waals surface area (Å²) >= 11 is 0. The third-order valence-electron chi connectivity index (χ3n) is 4.17. The Labute approximate surface area is 179 Å². The van der Waals surface area contributed by atoms with E-state index in [2.05, 4.69) is 68.9 Å². The summed E-state index contributed by atoms with van der Waals surface area (Å²) in [4.78, 5) is 11.0. The van der Waals surface area contributed by atoms with Crippen LogP contribution in [-0.2, 0) is 13.1 Å². The first-order chi connectivity index (χ1) is 12.6. The summed E-state index contributed by atoms with van der Waals surface area (Å²) in [7, 11) is 2.16. The van der Waals surface area contributed by atoms with Gasteiger partial charge in [-0.3, -0.25) is 4.90 Å². The molecule has 2 rings (SSSR count). The molecule has 2 N–H and O–H groups in total. The summed E-state index contributed by atoms with van der Waals surface area (Å²) in [5.41, 5.74) is 1.33. The van der Waals surface area contributed by atoms with Crippen LogP contribution in [0.1, 0.15) is 37.5 Å². The fraction of sp³-hybridized carbons (Fsp3) is 0.526. The third kappa shape index (κ3) is 8.70. The second kappa shape index (κ2) is 12.7. The van der Waals surface area contributed by atoms with Gasteiger partial charge in [-0.1, -0.05) is 35.5 Å². The molecule has 1 aromatic heterocycles. The topological polar surface area (TPSA) is 78.6 Å². The lowest BCUT2D eigenvalue weighted by molar-refractivity contribution is 0.238. The van der Waals surface area contributed by atoms with Gasteiger partial charge < -0.3 is 15.2 Å². The molecule has 0 spiro atoms. The molecule has 0 aliphatic rings. The van der Waals surface area contributed by atoms with E-state index < -0.39 is 0 Å². The molecule has 1 atom stereocenters. The SMILES string of the molecule is CCNC(=NCc1noc(C)n1)NCCC(C)N(C)Cc1ccccc1.I. The quantitative estimate of drug-likeness (QED) is 0.323. The van der Waals surface area contributed by atoms with Crippen LogP contribution in [0.4, 0.5) is 0 Å². The summed E-state index contributed by atoms with van der Waals surface area (Å²) in [6.45, 7) is 9.07. The number of aryl methyl sites for hydroxylation is 1. The molecule has 0 bridgehead atoms. The van der Waals surface area contributed by atoms with E-state index in [4.69, 9.17) is 4.52 Å². The highest BCUT2D eigenvalue weighted by molar-refractivity contribution is 14.0. The van der Waals surface area contributed by atoms with Crippen molar-refractivity contribution in [2.45, 2.75) is 46.3 Å². The summed E-state index contributed by atoms with van der Waals surface area (Å²) in [6.07, 6.45) is 1.02. The normalized spacial score (nSPS) is 12.6. The molecule has 0 radical (unpaired) electrons. The average molecular weight is 486 g/mol. The molecule has 150 valence electrons. The molecule has 1 aromatic carbocycles. The molecule has 0 amide bonds. The van der Waals surface area contributed by atoms with Gasteiger partial charge >= 0.3 is 0 Å². The molecule has 2 aromatic rings. The zero-order chi connectivity index (χ0) is 18.8. The van der Waals surface area contributed by atoms with Gasteiger partial charge in [0.15, 0.2) is 11.8 Å². The zero-order valence-corrected chi connectivity index (χ0v) is 18.9. The van der Waals surface area contributed by atoms with Gasteiger partial charge in [0.2, 0.25) is 5.89 Å². The van der Waals surface area contributed by atoms with Crippen molar-refractivity contribution in [2.24, 2.45) is 4.99 Å². The van der Waals surface area contributed by atoms with Crippen LogP contribution in [0.15, 0.2) is 39.8 Å². The second-order valence-electron chi connectivity index (χ2n) is 6.39. The van der Waals surface area contributed by atoms with Gasteiger partial charge in [-0.25, -0.2) is 4.99 Å². The van der Waals surface area contributed by atoms with Crippen molar-refractivity contribution in [3.63, 3.8) is 0 Å². The van der Waals surface area contributed by atoms with E-state index in [0.29, 0.717) is 24.3 Å². The average Bonchev–Trinajstić information content (AvgIpc) is 3.05. The van der Waals surface area contributed by atoms with Crippen molar-refractivity contribution in [2.75, 3.05) is 20.1 Å². The molecule has 27 heavy (non-hydrogen) atoms. The van der Waals surface area contributed by atoms with Crippen molar-refractivity contribution >= 4 is 29.9 Å². The molecule has 8 heteroatoms. The molecule has 1 heterocycles. The molecule has 1 unspecified atom stereocenters. The molecule has 0 saturated heterocycles. The number of nitrogens with one attached hydrogen (secondary N) is 2. The lowest BCUT2D eigenvalue weighted by Gasteiger charge is -2.25. The number of aliphatic imine (C=N–C) groups is 1. The third-order valence-corrected chi connectivity index (χ3v) is 4.17. The van der Waals surface area contributed by atoms with Crippen LogP contribution < -0.4 is 10.6 Å². The van der Waals surface area contributed by atoms with E-state index in [9.17, 15) is 0 Å². The minimum absolute atomic E-state index is 0.